The molecule has 1 aromatic carbocycles. The van der Waals surface area contributed by atoms with E-state index in [1.54, 1.807) is 0 Å². The van der Waals surface area contributed by atoms with Gasteiger partial charge in [-0.25, -0.2) is 0 Å². The lowest BCUT2D eigenvalue weighted by atomic mass is 9.98. The molecule has 104 valence electrons. The zero-order chi connectivity index (χ0) is 13.7. The minimum absolute atomic E-state index is 0.181. The highest BCUT2D eigenvalue weighted by atomic mass is 16.5. The van der Waals surface area contributed by atoms with Gasteiger partial charge in [-0.2, -0.15) is 0 Å². The van der Waals surface area contributed by atoms with Crippen LogP contribution < -0.4 is 4.74 Å². The molecule has 0 saturated carbocycles. The minimum Gasteiger partial charge on any atom is -0.491 e. The van der Waals surface area contributed by atoms with E-state index in [-0.39, 0.29) is 6.10 Å². The molecule has 0 aromatic heterocycles. The van der Waals surface area contributed by atoms with Gasteiger partial charge in [0.2, 0.25) is 0 Å². The van der Waals surface area contributed by atoms with E-state index in [9.17, 15) is 5.11 Å². The number of benzene rings is 1. The molecule has 1 atom stereocenters. The predicted octanol–water partition coefficient (Wildman–Crippen LogP) is 4.40. The maximum Gasteiger partial charge on any atom is 0.119 e. The Kier molecular flexibility index (Phi) is 5.03. The number of rotatable bonds is 4. The molecule has 2 heteroatoms. The predicted molar refractivity (Wildman–Crippen MR) is 78.3 cm³/mol. The summed E-state index contributed by atoms with van der Waals surface area (Å²) >= 11 is 0. The first-order chi connectivity index (χ1) is 9.16. The van der Waals surface area contributed by atoms with Crippen LogP contribution >= 0.6 is 0 Å². The van der Waals surface area contributed by atoms with Crippen LogP contribution in [0.25, 0.3) is 0 Å². The summed E-state index contributed by atoms with van der Waals surface area (Å²) < 4.78 is 5.62. The maximum atomic E-state index is 10.4. The van der Waals surface area contributed by atoms with Crippen LogP contribution in [0.2, 0.25) is 0 Å². The lowest BCUT2D eigenvalue weighted by Gasteiger charge is -2.16. The summed E-state index contributed by atoms with van der Waals surface area (Å²) in [5.41, 5.74) is 2.14. The molecule has 0 heterocycles. The Bertz CT molecular complexity index is 417. The Morgan fingerprint density at radius 1 is 1.05 bits per heavy atom. The highest BCUT2D eigenvalue weighted by Gasteiger charge is 2.14. The summed E-state index contributed by atoms with van der Waals surface area (Å²) in [6, 6.07) is 7.81. The second-order valence-corrected chi connectivity index (χ2v) is 5.52. The molecule has 1 aromatic rings. The SMILES string of the molecule is CC(C)Oc1ccc(C(O)C2=CCCCCC2)cc1. The van der Waals surface area contributed by atoms with Crippen LogP contribution in [0.5, 0.6) is 5.75 Å². The molecular formula is C17H24O2. The average Bonchev–Trinajstić information content (AvgIpc) is 2.67. The molecule has 2 nitrogen and oxygen atoms in total. The quantitative estimate of drug-likeness (QED) is 0.813. The van der Waals surface area contributed by atoms with Gasteiger partial charge in [0, 0.05) is 0 Å². The second kappa shape index (κ2) is 6.76. The van der Waals surface area contributed by atoms with Gasteiger partial charge in [0.15, 0.2) is 0 Å². The molecule has 1 aliphatic rings. The summed E-state index contributed by atoms with van der Waals surface area (Å²) in [4.78, 5) is 0. The molecule has 1 N–H and O–H groups in total. The summed E-state index contributed by atoms with van der Waals surface area (Å²) in [5.74, 6) is 0.862. The van der Waals surface area contributed by atoms with Gasteiger partial charge in [-0.3, -0.25) is 0 Å². The number of allylic oxidation sites excluding steroid dienone is 1. The molecule has 0 amide bonds. The molecule has 2 rings (SSSR count). The highest BCUT2D eigenvalue weighted by molar-refractivity contribution is 5.32. The van der Waals surface area contributed by atoms with Crippen LogP contribution in [-0.2, 0) is 0 Å². The molecule has 0 fully saturated rings. The van der Waals surface area contributed by atoms with Crippen LogP contribution in [0.1, 0.15) is 57.6 Å². The number of aliphatic hydroxyl groups is 1. The van der Waals surface area contributed by atoms with E-state index in [1.807, 2.05) is 38.1 Å². The fourth-order valence-corrected chi connectivity index (χ4v) is 2.50. The van der Waals surface area contributed by atoms with Gasteiger partial charge in [-0.1, -0.05) is 24.6 Å². The Labute approximate surface area is 116 Å². The largest absolute Gasteiger partial charge is 0.491 e. The van der Waals surface area contributed by atoms with Gasteiger partial charge >= 0.3 is 0 Å². The fraction of sp³-hybridized carbons (Fsp3) is 0.529. The summed E-state index contributed by atoms with van der Waals surface area (Å²) in [7, 11) is 0. The van der Waals surface area contributed by atoms with E-state index in [1.165, 1.54) is 24.8 Å². The van der Waals surface area contributed by atoms with Gasteiger partial charge in [0.05, 0.1) is 6.10 Å². The molecule has 1 aliphatic carbocycles. The maximum absolute atomic E-state index is 10.4. The van der Waals surface area contributed by atoms with E-state index in [4.69, 9.17) is 4.74 Å². The van der Waals surface area contributed by atoms with Crippen LogP contribution in [0.3, 0.4) is 0 Å². The third kappa shape index (κ3) is 4.10. The van der Waals surface area contributed by atoms with Gasteiger partial charge in [0.1, 0.15) is 11.9 Å². The average molecular weight is 260 g/mol. The van der Waals surface area contributed by atoms with Crippen molar-refractivity contribution in [2.75, 3.05) is 0 Å². The number of hydrogen-bond acceptors (Lipinski definition) is 2. The van der Waals surface area contributed by atoms with Gasteiger partial charge in [-0.05, 0) is 62.8 Å². The number of ether oxygens (including phenoxy) is 1. The Morgan fingerprint density at radius 3 is 2.47 bits per heavy atom. The van der Waals surface area contributed by atoms with Crippen molar-refractivity contribution in [1.29, 1.82) is 0 Å². The first-order valence-electron chi connectivity index (χ1n) is 7.30. The molecule has 19 heavy (non-hydrogen) atoms. The van der Waals surface area contributed by atoms with E-state index in [2.05, 4.69) is 6.08 Å². The van der Waals surface area contributed by atoms with E-state index >= 15 is 0 Å². The van der Waals surface area contributed by atoms with Crippen LogP contribution in [0, 0.1) is 0 Å². The lowest BCUT2D eigenvalue weighted by molar-refractivity contribution is 0.210. The molecule has 1 unspecified atom stereocenters. The zero-order valence-electron chi connectivity index (χ0n) is 11.9. The normalized spacial score (nSPS) is 17.8. The third-order valence-corrected chi connectivity index (χ3v) is 3.49. The van der Waals surface area contributed by atoms with Crippen molar-refractivity contribution in [3.8, 4) is 5.75 Å². The first-order valence-corrected chi connectivity index (χ1v) is 7.30. The van der Waals surface area contributed by atoms with Gasteiger partial charge in [0.25, 0.3) is 0 Å². The van der Waals surface area contributed by atoms with Crippen molar-refractivity contribution in [2.24, 2.45) is 0 Å². The smallest absolute Gasteiger partial charge is 0.119 e. The van der Waals surface area contributed by atoms with E-state index in [0.29, 0.717) is 0 Å². The van der Waals surface area contributed by atoms with Crippen molar-refractivity contribution in [2.45, 2.75) is 58.2 Å². The first kappa shape index (κ1) is 14.1. The molecule has 0 spiro atoms. The Morgan fingerprint density at radius 2 is 1.79 bits per heavy atom. The number of aliphatic hydroxyl groups excluding tert-OH is 1. The molecule has 0 bridgehead atoms. The zero-order valence-corrected chi connectivity index (χ0v) is 11.9. The molecule has 0 aliphatic heterocycles. The molecular weight excluding hydrogens is 236 g/mol. The summed E-state index contributed by atoms with van der Waals surface area (Å²) in [5, 5.41) is 10.4. The third-order valence-electron chi connectivity index (χ3n) is 3.49. The topological polar surface area (TPSA) is 29.5 Å². The molecule has 0 radical (unpaired) electrons. The van der Waals surface area contributed by atoms with Crippen molar-refractivity contribution in [3.05, 3.63) is 41.5 Å². The van der Waals surface area contributed by atoms with Crippen LogP contribution in [0.15, 0.2) is 35.9 Å². The van der Waals surface area contributed by atoms with E-state index in [0.717, 1.165) is 24.2 Å². The summed E-state index contributed by atoms with van der Waals surface area (Å²) in [6.45, 7) is 4.03. The van der Waals surface area contributed by atoms with Crippen molar-refractivity contribution >= 4 is 0 Å². The number of hydrogen-bond donors (Lipinski definition) is 1. The van der Waals surface area contributed by atoms with Crippen LogP contribution in [-0.4, -0.2) is 11.2 Å². The Hall–Kier alpha value is -1.28. The van der Waals surface area contributed by atoms with E-state index < -0.39 is 6.10 Å². The van der Waals surface area contributed by atoms with Gasteiger partial charge in [-0.15, -0.1) is 0 Å². The standard InChI is InChI=1S/C17H24O2/c1-13(2)19-16-11-9-15(10-12-16)17(18)14-7-5-3-4-6-8-14/h7,9-13,17-18H,3-6,8H2,1-2H3. The van der Waals surface area contributed by atoms with Crippen molar-refractivity contribution < 1.29 is 9.84 Å². The highest BCUT2D eigenvalue weighted by Crippen LogP contribution is 2.30. The van der Waals surface area contributed by atoms with Crippen LogP contribution in [0.4, 0.5) is 0 Å². The minimum atomic E-state index is -0.453. The Balaban J connectivity index is 2.06. The lowest BCUT2D eigenvalue weighted by Crippen LogP contribution is -2.06. The second-order valence-electron chi connectivity index (χ2n) is 5.52. The van der Waals surface area contributed by atoms with Gasteiger partial charge < -0.3 is 9.84 Å². The summed E-state index contributed by atoms with van der Waals surface area (Å²) in [6.07, 6.45) is 7.78. The fourth-order valence-electron chi connectivity index (χ4n) is 2.50. The monoisotopic (exact) mass is 260 g/mol. The van der Waals surface area contributed by atoms with Crippen molar-refractivity contribution in [3.63, 3.8) is 0 Å². The molecule has 0 saturated heterocycles. The van der Waals surface area contributed by atoms with Crippen molar-refractivity contribution in [1.82, 2.24) is 0 Å².